The zero-order valence-corrected chi connectivity index (χ0v) is 8.20. The Bertz CT molecular complexity index is 247. The average molecular weight is 183 g/mol. The molecule has 1 rings (SSSR count). The Kier molecular flexibility index (Phi) is 3.92. The number of aliphatic hydroxyl groups excluding tert-OH is 1. The highest BCUT2D eigenvalue weighted by Crippen LogP contribution is 2.03. The maximum atomic E-state index is 8.91. The predicted octanol–water partition coefficient (Wildman–Crippen LogP) is 0.231. The molecule has 0 saturated carbocycles. The fourth-order valence-corrected chi connectivity index (χ4v) is 1.23. The highest BCUT2D eigenvalue weighted by molar-refractivity contribution is 4.91. The molecule has 4 heteroatoms. The highest BCUT2D eigenvalue weighted by Gasteiger charge is 2.05. The maximum absolute atomic E-state index is 8.91. The molecule has 2 N–H and O–H groups in total. The molecule has 0 amide bonds. The number of hydrogen-bond acceptors (Lipinski definition) is 3. The van der Waals surface area contributed by atoms with Gasteiger partial charge in [0.05, 0.1) is 6.54 Å². The molecule has 1 aromatic heterocycles. The lowest BCUT2D eigenvalue weighted by molar-refractivity contribution is 0.222. The van der Waals surface area contributed by atoms with E-state index >= 15 is 0 Å². The second-order valence-electron chi connectivity index (χ2n) is 3.31. The van der Waals surface area contributed by atoms with E-state index in [2.05, 4.69) is 14.9 Å². The van der Waals surface area contributed by atoms with E-state index in [1.807, 2.05) is 20.2 Å². The quantitative estimate of drug-likeness (QED) is 0.687. The topological polar surface area (TPSA) is 50.1 Å². The van der Waals surface area contributed by atoms with Gasteiger partial charge in [0.25, 0.3) is 0 Å². The lowest BCUT2D eigenvalue weighted by Crippen LogP contribution is -2.16. The Morgan fingerprint density at radius 1 is 1.69 bits per heavy atom. The van der Waals surface area contributed by atoms with Gasteiger partial charge in [-0.15, -0.1) is 0 Å². The summed E-state index contributed by atoms with van der Waals surface area (Å²) in [6.45, 7) is 3.83. The summed E-state index contributed by atoms with van der Waals surface area (Å²) >= 11 is 0. The van der Waals surface area contributed by atoms with E-state index in [0.717, 1.165) is 18.9 Å². The van der Waals surface area contributed by atoms with E-state index in [-0.39, 0.29) is 12.5 Å². The standard InChI is InChI=1S/C9H17N3O/c1-8(7-13)6-12-4-3-11-9(12)5-10-2/h3-4,8,10,13H,5-7H2,1-2H3. The molecule has 13 heavy (non-hydrogen) atoms. The minimum absolute atomic E-state index is 0.219. The first kappa shape index (κ1) is 10.2. The zero-order chi connectivity index (χ0) is 9.68. The molecule has 0 saturated heterocycles. The summed E-state index contributed by atoms with van der Waals surface area (Å²) in [6, 6.07) is 0. The largest absolute Gasteiger partial charge is 0.396 e. The molecule has 0 fully saturated rings. The molecule has 0 radical (unpaired) electrons. The van der Waals surface area contributed by atoms with Gasteiger partial charge in [-0.1, -0.05) is 6.92 Å². The van der Waals surface area contributed by atoms with Crippen LogP contribution in [-0.4, -0.2) is 28.3 Å². The van der Waals surface area contributed by atoms with Crippen molar-refractivity contribution in [3.05, 3.63) is 18.2 Å². The van der Waals surface area contributed by atoms with Crippen LogP contribution in [0.15, 0.2) is 12.4 Å². The fourth-order valence-electron chi connectivity index (χ4n) is 1.23. The van der Waals surface area contributed by atoms with Crippen molar-refractivity contribution < 1.29 is 5.11 Å². The SMILES string of the molecule is CNCc1nccn1CC(C)CO. The summed E-state index contributed by atoms with van der Waals surface area (Å²) in [5.41, 5.74) is 0. The minimum Gasteiger partial charge on any atom is -0.396 e. The van der Waals surface area contributed by atoms with Gasteiger partial charge in [-0.25, -0.2) is 4.98 Å². The summed E-state index contributed by atoms with van der Waals surface area (Å²) in [4.78, 5) is 4.21. The first-order chi connectivity index (χ1) is 6.27. The van der Waals surface area contributed by atoms with Gasteiger partial charge in [0.1, 0.15) is 5.82 Å². The number of aromatic nitrogens is 2. The summed E-state index contributed by atoms with van der Waals surface area (Å²) in [5.74, 6) is 1.30. The molecular formula is C9H17N3O. The van der Waals surface area contributed by atoms with E-state index in [1.54, 1.807) is 6.20 Å². The highest BCUT2D eigenvalue weighted by atomic mass is 16.3. The lowest BCUT2D eigenvalue weighted by atomic mass is 10.2. The number of imidazole rings is 1. The first-order valence-electron chi connectivity index (χ1n) is 4.53. The Morgan fingerprint density at radius 2 is 2.46 bits per heavy atom. The van der Waals surface area contributed by atoms with Gasteiger partial charge in [0, 0.05) is 25.5 Å². The smallest absolute Gasteiger partial charge is 0.122 e. The summed E-state index contributed by atoms with van der Waals surface area (Å²) < 4.78 is 2.07. The van der Waals surface area contributed by atoms with Crippen LogP contribution in [-0.2, 0) is 13.1 Å². The van der Waals surface area contributed by atoms with Gasteiger partial charge in [0.15, 0.2) is 0 Å². The van der Waals surface area contributed by atoms with Crippen molar-refractivity contribution in [2.24, 2.45) is 5.92 Å². The van der Waals surface area contributed by atoms with Gasteiger partial charge >= 0.3 is 0 Å². The van der Waals surface area contributed by atoms with Crippen molar-refractivity contribution in [1.29, 1.82) is 0 Å². The second-order valence-corrected chi connectivity index (χ2v) is 3.31. The van der Waals surface area contributed by atoms with Crippen LogP contribution in [0, 0.1) is 5.92 Å². The van der Waals surface area contributed by atoms with Crippen molar-refractivity contribution in [3.8, 4) is 0 Å². The van der Waals surface area contributed by atoms with Gasteiger partial charge in [-0.3, -0.25) is 0 Å². The third-order valence-electron chi connectivity index (χ3n) is 1.96. The molecule has 1 unspecified atom stereocenters. The van der Waals surface area contributed by atoms with Crippen LogP contribution in [0.3, 0.4) is 0 Å². The van der Waals surface area contributed by atoms with Crippen molar-refractivity contribution in [2.45, 2.75) is 20.0 Å². The third kappa shape index (κ3) is 2.82. The molecule has 0 bridgehead atoms. The third-order valence-corrected chi connectivity index (χ3v) is 1.96. The van der Waals surface area contributed by atoms with Crippen LogP contribution in [0.2, 0.25) is 0 Å². The molecule has 0 aliphatic carbocycles. The average Bonchev–Trinajstić information content (AvgIpc) is 2.54. The van der Waals surface area contributed by atoms with Crippen LogP contribution in [0.25, 0.3) is 0 Å². The van der Waals surface area contributed by atoms with Crippen molar-refractivity contribution in [1.82, 2.24) is 14.9 Å². The van der Waals surface area contributed by atoms with E-state index < -0.39 is 0 Å². The number of nitrogens with one attached hydrogen (secondary N) is 1. The Hall–Kier alpha value is -0.870. The van der Waals surface area contributed by atoms with E-state index in [0.29, 0.717) is 0 Å². The van der Waals surface area contributed by atoms with Crippen LogP contribution in [0.4, 0.5) is 0 Å². The monoisotopic (exact) mass is 183 g/mol. The molecule has 1 heterocycles. The fraction of sp³-hybridized carbons (Fsp3) is 0.667. The van der Waals surface area contributed by atoms with Gasteiger partial charge in [0.2, 0.25) is 0 Å². The molecule has 0 aliphatic rings. The molecule has 1 aromatic rings. The molecule has 4 nitrogen and oxygen atoms in total. The van der Waals surface area contributed by atoms with Gasteiger partial charge in [-0.05, 0) is 13.0 Å². The number of hydrogen-bond donors (Lipinski definition) is 2. The minimum atomic E-state index is 0.219. The molecule has 0 spiro atoms. The Labute approximate surface area is 78.6 Å². The van der Waals surface area contributed by atoms with Crippen LogP contribution in [0.1, 0.15) is 12.7 Å². The molecule has 1 atom stereocenters. The van der Waals surface area contributed by atoms with E-state index in [4.69, 9.17) is 5.11 Å². The van der Waals surface area contributed by atoms with Gasteiger partial charge in [-0.2, -0.15) is 0 Å². The first-order valence-corrected chi connectivity index (χ1v) is 4.53. The second kappa shape index (κ2) is 4.99. The van der Waals surface area contributed by atoms with Crippen LogP contribution in [0.5, 0.6) is 0 Å². The Morgan fingerprint density at radius 3 is 3.08 bits per heavy atom. The number of nitrogens with zero attached hydrogens (tertiary/aromatic N) is 2. The van der Waals surface area contributed by atoms with E-state index in [9.17, 15) is 0 Å². The van der Waals surface area contributed by atoms with Crippen LogP contribution >= 0.6 is 0 Å². The summed E-state index contributed by atoms with van der Waals surface area (Å²) in [5, 5.41) is 12.0. The van der Waals surface area contributed by atoms with Crippen molar-refractivity contribution in [3.63, 3.8) is 0 Å². The predicted molar refractivity (Wildman–Crippen MR) is 51.2 cm³/mol. The molecule has 0 aliphatic heterocycles. The maximum Gasteiger partial charge on any atom is 0.122 e. The number of aliphatic hydroxyl groups is 1. The lowest BCUT2D eigenvalue weighted by Gasteiger charge is -2.11. The molecule has 74 valence electrons. The molecular weight excluding hydrogens is 166 g/mol. The summed E-state index contributed by atoms with van der Waals surface area (Å²) in [7, 11) is 1.90. The van der Waals surface area contributed by atoms with Crippen molar-refractivity contribution in [2.75, 3.05) is 13.7 Å². The van der Waals surface area contributed by atoms with Crippen molar-refractivity contribution >= 4 is 0 Å². The van der Waals surface area contributed by atoms with Gasteiger partial charge < -0.3 is 15.0 Å². The van der Waals surface area contributed by atoms with E-state index in [1.165, 1.54) is 0 Å². The number of rotatable bonds is 5. The summed E-state index contributed by atoms with van der Waals surface area (Å²) in [6.07, 6.45) is 3.73. The zero-order valence-electron chi connectivity index (χ0n) is 8.20. The van der Waals surface area contributed by atoms with Crippen LogP contribution < -0.4 is 5.32 Å². The normalized spacial score (nSPS) is 13.2. The Balaban J connectivity index is 2.59. The molecule has 0 aromatic carbocycles.